The maximum absolute atomic E-state index is 13.5. The van der Waals surface area contributed by atoms with Crippen LogP contribution in [0.4, 0.5) is 5.69 Å². The summed E-state index contributed by atoms with van der Waals surface area (Å²) in [5, 5.41) is 0. The fourth-order valence-electron chi connectivity index (χ4n) is 3.94. The summed E-state index contributed by atoms with van der Waals surface area (Å²) in [6.07, 6.45) is 0. The second-order valence-electron chi connectivity index (χ2n) is 8.20. The molecule has 0 unspecified atom stereocenters. The molecule has 6 heteroatoms. The first-order valence-electron chi connectivity index (χ1n) is 11.1. The van der Waals surface area contributed by atoms with E-state index in [1.54, 1.807) is 36.3 Å². The van der Waals surface area contributed by atoms with Gasteiger partial charge in [-0.05, 0) is 66.9 Å². The number of anilines is 1. The van der Waals surface area contributed by atoms with Crippen LogP contribution in [0.5, 0.6) is 11.5 Å². The van der Waals surface area contributed by atoms with Crippen molar-refractivity contribution in [1.82, 2.24) is 4.90 Å². The molecule has 0 fully saturated rings. The first-order valence-corrected chi connectivity index (χ1v) is 11.1. The monoisotopic (exact) mass is 456 g/mol. The number of carbonyl (C=O) groups excluding carboxylic acids is 2. The van der Waals surface area contributed by atoms with Crippen molar-refractivity contribution >= 4 is 23.1 Å². The number of aryl methyl sites for hydroxylation is 2. The number of likely N-dealkylation sites (N-methyl/N-ethyl adjacent to an activating group) is 1. The Labute approximate surface area is 200 Å². The van der Waals surface area contributed by atoms with E-state index < -0.39 is 0 Å². The summed E-state index contributed by atoms with van der Waals surface area (Å²) in [5.74, 6) is 0.726. The van der Waals surface area contributed by atoms with Gasteiger partial charge in [0.15, 0.2) is 0 Å². The average Bonchev–Trinajstić information content (AvgIpc) is 3.11. The number of hydrogen-bond acceptors (Lipinski definition) is 5. The van der Waals surface area contributed by atoms with Gasteiger partial charge in [0.2, 0.25) is 0 Å². The molecule has 0 saturated carbocycles. The van der Waals surface area contributed by atoms with Crippen LogP contribution in [-0.2, 0) is 9.59 Å². The molecule has 0 aromatic heterocycles. The van der Waals surface area contributed by atoms with Crippen LogP contribution in [0, 0.1) is 13.8 Å². The van der Waals surface area contributed by atoms with Gasteiger partial charge >= 0.3 is 0 Å². The van der Waals surface area contributed by atoms with Gasteiger partial charge in [0, 0.05) is 12.7 Å². The fraction of sp³-hybridized carbons (Fsp3) is 0.214. The molecule has 0 N–H and O–H groups in total. The lowest BCUT2D eigenvalue weighted by molar-refractivity contribution is -0.137. The zero-order chi connectivity index (χ0) is 24.2. The molecule has 0 saturated heterocycles. The fourth-order valence-corrected chi connectivity index (χ4v) is 3.94. The topological polar surface area (TPSA) is 59.1 Å². The summed E-state index contributed by atoms with van der Waals surface area (Å²) in [6, 6.07) is 22.6. The van der Waals surface area contributed by atoms with Gasteiger partial charge in [-0.1, -0.05) is 36.4 Å². The number of amides is 2. The van der Waals surface area contributed by atoms with Gasteiger partial charge in [0.05, 0.1) is 19.2 Å². The van der Waals surface area contributed by atoms with Crippen LogP contribution in [0.3, 0.4) is 0 Å². The van der Waals surface area contributed by atoms with Crippen molar-refractivity contribution in [2.75, 3.05) is 32.2 Å². The highest BCUT2D eigenvalue weighted by molar-refractivity contribution is 6.36. The Balaban J connectivity index is 1.62. The molecule has 1 aliphatic rings. The van der Waals surface area contributed by atoms with E-state index in [1.807, 2.05) is 69.4 Å². The number of hydrogen-bond donors (Lipinski definition) is 0. The van der Waals surface area contributed by atoms with Crippen LogP contribution >= 0.6 is 0 Å². The molecule has 0 bridgehead atoms. The van der Waals surface area contributed by atoms with Crippen LogP contribution in [-0.4, -0.2) is 44.0 Å². The van der Waals surface area contributed by atoms with Gasteiger partial charge in [-0.3, -0.25) is 14.5 Å². The summed E-state index contributed by atoms with van der Waals surface area (Å²) >= 11 is 0. The summed E-state index contributed by atoms with van der Waals surface area (Å²) in [7, 11) is 3.42. The lowest BCUT2D eigenvalue weighted by Gasteiger charge is -2.21. The Hall–Kier alpha value is -4.06. The second kappa shape index (κ2) is 9.83. The highest BCUT2D eigenvalue weighted by Crippen LogP contribution is 2.34. The Morgan fingerprint density at radius 2 is 1.50 bits per heavy atom. The van der Waals surface area contributed by atoms with E-state index in [0.717, 1.165) is 28.1 Å². The molecule has 0 aliphatic carbocycles. The van der Waals surface area contributed by atoms with Crippen molar-refractivity contribution in [2.45, 2.75) is 13.8 Å². The normalized spacial score (nSPS) is 13.5. The smallest absolute Gasteiger partial charge is 0.278 e. The third-order valence-electron chi connectivity index (χ3n) is 6.06. The molecule has 6 nitrogen and oxygen atoms in total. The Morgan fingerprint density at radius 3 is 2.15 bits per heavy atom. The van der Waals surface area contributed by atoms with Crippen LogP contribution in [0.2, 0.25) is 0 Å². The lowest BCUT2D eigenvalue weighted by Crippen LogP contribution is -2.37. The minimum absolute atomic E-state index is 0.143. The van der Waals surface area contributed by atoms with Crippen molar-refractivity contribution in [2.24, 2.45) is 0 Å². The Morgan fingerprint density at radius 1 is 0.824 bits per heavy atom. The summed E-state index contributed by atoms with van der Waals surface area (Å²) in [4.78, 5) is 30.1. The van der Waals surface area contributed by atoms with E-state index in [4.69, 9.17) is 9.47 Å². The van der Waals surface area contributed by atoms with Crippen LogP contribution in [0.15, 0.2) is 78.5 Å². The van der Waals surface area contributed by atoms with Crippen molar-refractivity contribution in [3.05, 3.63) is 95.2 Å². The standard InChI is InChI=1S/C28H28N2O4/c1-19-10-11-21(18-20(19)2)25-26(29(3)22-8-6-5-7-9-22)28(32)30(27(25)31)16-17-34-24-14-12-23(33-4)13-15-24/h5-15,18H,16-17H2,1-4H3. The molecular formula is C28H28N2O4. The van der Waals surface area contributed by atoms with E-state index >= 15 is 0 Å². The van der Waals surface area contributed by atoms with Crippen molar-refractivity contribution in [1.29, 1.82) is 0 Å². The molecule has 4 rings (SSSR count). The number of carbonyl (C=O) groups is 2. The van der Waals surface area contributed by atoms with Gasteiger partial charge in [0.1, 0.15) is 23.8 Å². The van der Waals surface area contributed by atoms with Gasteiger partial charge in [-0.2, -0.15) is 0 Å². The second-order valence-corrected chi connectivity index (χ2v) is 8.20. The van der Waals surface area contributed by atoms with Crippen LogP contribution in [0.25, 0.3) is 5.57 Å². The molecule has 3 aromatic rings. The third kappa shape index (κ3) is 4.53. The molecule has 0 radical (unpaired) electrons. The number of para-hydroxylation sites is 1. The maximum Gasteiger partial charge on any atom is 0.278 e. The molecule has 2 amide bonds. The zero-order valence-electron chi connectivity index (χ0n) is 19.9. The van der Waals surface area contributed by atoms with Gasteiger partial charge < -0.3 is 14.4 Å². The van der Waals surface area contributed by atoms with Gasteiger partial charge in [-0.15, -0.1) is 0 Å². The van der Waals surface area contributed by atoms with Crippen molar-refractivity contribution in [3.63, 3.8) is 0 Å². The summed E-state index contributed by atoms with van der Waals surface area (Å²) in [6.45, 7) is 4.35. The average molecular weight is 457 g/mol. The molecule has 0 spiro atoms. The Bertz CT molecular complexity index is 1230. The third-order valence-corrected chi connectivity index (χ3v) is 6.06. The molecule has 34 heavy (non-hydrogen) atoms. The molecule has 3 aromatic carbocycles. The first kappa shape index (κ1) is 23.1. The van der Waals surface area contributed by atoms with Crippen molar-refractivity contribution in [3.8, 4) is 11.5 Å². The molecular weight excluding hydrogens is 428 g/mol. The Kier molecular flexibility index (Phi) is 6.68. The zero-order valence-corrected chi connectivity index (χ0v) is 19.9. The number of methoxy groups -OCH3 is 1. The number of nitrogens with zero attached hydrogens (tertiary/aromatic N) is 2. The largest absolute Gasteiger partial charge is 0.497 e. The number of rotatable bonds is 8. The quantitative estimate of drug-likeness (QED) is 0.464. The number of ether oxygens (including phenoxy) is 2. The van der Waals surface area contributed by atoms with Crippen LogP contribution < -0.4 is 14.4 Å². The highest BCUT2D eigenvalue weighted by atomic mass is 16.5. The summed E-state index contributed by atoms with van der Waals surface area (Å²) < 4.78 is 10.9. The molecule has 1 heterocycles. The van der Waals surface area contributed by atoms with E-state index in [1.165, 1.54) is 4.90 Å². The van der Waals surface area contributed by atoms with E-state index in [-0.39, 0.29) is 25.0 Å². The maximum atomic E-state index is 13.5. The summed E-state index contributed by atoms with van der Waals surface area (Å²) in [5.41, 5.74) is 4.53. The first-order chi connectivity index (χ1) is 16.4. The SMILES string of the molecule is COc1ccc(OCCN2C(=O)C(c3ccc(C)c(C)c3)=C(N(C)c3ccccc3)C2=O)cc1. The lowest BCUT2D eigenvalue weighted by atomic mass is 9.99. The van der Waals surface area contributed by atoms with Gasteiger partial charge in [-0.25, -0.2) is 0 Å². The number of benzene rings is 3. The van der Waals surface area contributed by atoms with E-state index in [0.29, 0.717) is 17.0 Å². The predicted octanol–water partition coefficient (Wildman–Crippen LogP) is 4.61. The van der Waals surface area contributed by atoms with E-state index in [9.17, 15) is 9.59 Å². The molecule has 0 atom stereocenters. The minimum atomic E-state index is -0.331. The van der Waals surface area contributed by atoms with E-state index in [2.05, 4.69) is 0 Å². The minimum Gasteiger partial charge on any atom is -0.497 e. The van der Waals surface area contributed by atoms with Gasteiger partial charge in [0.25, 0.3) is 11.8 Å². The number of imide groups is 1. The van der Waals surface area contributed by atoms with Crippen LogP contribution in [0.1, 0.15) is 16.7 Å². The van der Waals surface area contributed by atoms with Crippen molar-refractivity contribution < 1.29 is 19.1 Å². The highest BCUT2D eigenvalue weighted by Gasteiger charge is 2.41. The molecule has 174 valence electrons. The molecule has 1 aliphatic heterocycles. The predicted molar refractivity (Wildman–Crippen MR) is 133 cm³/mol.